The first-order chi connectivity index (χ1) is 11.6. The first kappa shape index (κ1) is 16.5. The summed E-state index contributed by atoms with van der Waals surface area (Å²) in [6, 6.07) is 16.0. The normalized spacial score (nSPS) is 16.8. The lowest BCUT2D eigenvalue weighted by Gasteiger charge is -2.24. The maximum Gasteiger partial charge on any atom is 0.254 e. The minimum absolute atomic E-state index is 0.0460. The van der Waals surface area contributed by atoms with Gasteiger partial charge in [-0.15, -0.1) is 0 Å². The zero-order valence-electron chi connectivity index (χ0n) is 14.3. The van der Waals surface area contributed by atoms with Crippen molar-refractivity contribution < 1.29 is 9.53 Å². The molecule has 1 fully saturated rings. The van der Waals surface area contributed by atoms with Crippen LogP contribution >= 0.6 is 0 Å². The molecule has 0 spiro atoms. The highest BCUT2D eigenvalue weighted by Crippen LogP contribution is 2.18. The number of aryl methyl sites for hydroxylation is 1. The molecule has 0 bridgehead atoms. The molecule has 24 heavy (non-hydrogen) atoms. The molecule has 1 aliphatic rings. The Balaban J connectivity index is 1.66. The van der Waals surface area contributed by atoms with Crippen molar-refractivity contribution in [2.24, 2.45) is 0 Å². The number of carbonyl (C=O) groups is 1. The first-order valence-corrected chi connectivity index (χ1v) is 8.40. The molecule has 3 rings (SSSR count). The predicted molar refractivity (Wildman–Crippen MR) is 95.3 cm³/mol. The highest BCUT2D eigenvalue weighted by atomic mass is 16.5. The summed E-state index contributed by atoms with van der Waals surface area (Å²) in [6.07, 6.45) is 1.01. The number of benzene rings is 2. The third kappa shape index (κ3) is 3.95. The van der Waals surface area contributed by atoms with Gasteiger partial charge in [-0.2, -0.15) is 0 Å². The molecular weight excluding hydrogens is 300 g/mol. The summed E-state index contributed by atoms with van der Waals surface area (Å²) in [4.78, 5) is 14.5. The lowest BCUT2D eigenvalue weighted by Crippen LogP contribution is -2.38. The number of hydrogen-bond acceptors (Lipinski definition) is 3. The quantitative estimate of drug-likeness (QED) is 0.919. The molecule has 4 nitrogen and oxygen atoms in total. The van der Waals surface area contributed by atoms with E-state index in [4.69, 9.17) is 4.74 Å². The van der Waals surface area contributed by atoms with Crippen LogP contribution in [0.2, 0.25) is 0 Å². The molecule has 126 valence electrons. The average Bonchev–Trinajstić information content (AvgIpc) is 3.14. The fourth-order valence-electron chi connectivity index (χ4n) is 3.03. The molecular formula is C20H24N2O2. The third-order valence-electron chi connectivity index (χ3n) is 4.47. The fourth-order valence-corrected chi connectivity index (χ4v) is 3.03. The second kappa shape index (κ2) is 7.49. The largest absolute Gasteiger partial charge is 0.489 e. The van der Waals surface area contributed by atoms with Gasteiger partial charge in [0.05, 0.1) is 0 Å². The molecule has 1 aliphatic heterocycles. The van der Waals surface area contributed by atoms with Crippen LogP contribution in [0.25, 0.3) is 0 Å². The van der Waals surface area contributed by atoms with Crippen LogP contribution in [0.5, 0.6) is 5.75 Å². The number of rotatable bonds is 5. The van der Waals surface area contributed by atoms with Gasteiger partial charge in [-0.3, -0.25) is 4.79 Å². The summed E-state index contributed by atoms with van der Waals surface area (Å²) in [5, 5.41) is 3.30. The lowest BCUT2D eigenvalue weighted by atomic mass is 10.1. The molecule has 0 radical (unpaired) electrons. The van der Waals surface area contributed by atoms with Gasteiger partial charge in [0, 0.05) is 25.2 Å². The summed E-state index contributed by atoms with van der Waals surface area (Å²) in [5.41, 5.74) is 3.01. The number of carbonyl (C=O) groups excluding carboxylic acids is 1. The summed E-state index contributed by atoms with van der Waals surface area (Å²) >= 11 is 0. The van der Waals surface area contributed by atoms with Crippen LogP contribution in [0, 0.1) is 6.92 Å². The molecule has 0 saturated carbocycles. The van der Waals surface area contributed by atoms with Gasteiger partial charge in [-0.05, 0) is 43.7 Å². The molecule has 0 aliphatic carbocycles. The van der Waals surface area contributed by atoms with E-state index in [-0.39, 0.29) is 11.9 Å². The third-order valence-corrected chi connectivity index (χ3v) is 4.47. The van der Waals surface area contributed by atoms with E-state index in [1.807, 2.05) is 48.3 Å². The zero-order valence-corrected chi connectivity index (χ0v) is 14.3. The highest BCUT2D eigenvalue weighted by Gasteiger charge is 2.24. The summed E-state index contributed by atoms with van der Waals surface area (Å²) in [7, 11) is 1.88. The highest BCUT2D eigenvalue weighted by molar-refractivity contribution is 5.94. The Kier molecular flexibility index (Phi) is 5.16. The van der Waals surface area contributed by atoms with Crippen molar-refractivity contribution in [3.05, 3.63) is 65.2 Å². The number of nitrogens with one attached hydrogen (secondary N) is 1. The van der Waals surface area contributed by atoms with Crippen LogP contribution in [0.4, 0.5) is 0 Å². The first-order valence-electron chi connectivity index (χ1n) is 8.40. The van der Waals surface area contributed by atoms with E-state index >= 15 is 0 Å². The van der Waals surface area contributed by atoms with E-state index in [1.165, 1.54) is 5.56 Å². The Bertz CT molecular complexity index is 708. The second-order valence-electron chi connectivity index (χ2n) is 6.37. The summed E-state index contributed by atoms with van der Waals surface area (Å²) < 4.78 is 5.86. The fraction of sp³-hybridized carbons (Fsp3) is 0.350. The molecule has 1 N–H and O–H groups in total. The van der Waals surface area contributed by atoms with Crippen molar-refractivity contribution in [1.82, 2.24) is 10.2 Å². The number of ether oxygens (including phenoxy) is 1. The molecule has 4 heteroatoms. The minimum atomic E-state index is 0.0460. The maximum atomic E-state index is 12.6. The summed E-state index contributed by atoms with van der Waals surface area (Å²) in [6.45, 7) is 4.41. The van der Waals surface area contributed by atoms with Gasteiger partial charge in [-0.1, -0.05) is 35.9 Å². The van der Waals surface area contributed by atoms with E-state index < -0.39 is 0 Å². The van der Waals surface area contributed by atoms with E-state index in [2.05, 4.69) is 24.4 Å². The van der Waals surface area contributed by atoms with Crippen LogP contribution in [-0.2, 0) is 6.61 Å². The van der Waals surface area contributed by atoms with Crippen LogP contribution in [0.3, 0.4) is 0 Å². The molecule has 1 heterocycles. The van der Waals surface area contributed by atoms with E-state index in [9.17, 15) is 4.79 Å². The van der Waals surface area contributed by atoms with E-state index in [1.54, 1.807) is 0 Å². The van der Waals surface area contributed by atoms with Gasteiger partial charge in [0.25, 0.3) is 5.91 Å². The molecule has 1 atom stereocenters. The topological polar surface area (TPSA) is 41.6 Å². The molecule has 1 amide bonds. The SMILES string of the molecule is Cc1cccc(COc2cccc(C(=O)N(C)C3CCNC3)c2)c1. The standard InChI is InChI=1S/C20H24N2O2/c1-15-5-3-6-16(11-15)14-24-19-8-4-7-17(12-19)20(23)22(2)18-9-10-21-13-18/h3-8,11-12,18,21H,9-10,13-14H2,1-2H3. The average molecular weight is 324 g/mol. The zero-order chi connectivity index (χ0) is 16.9. The summed E-state index contributed by atoms with van der Waals surface area (Å²) in [5.74, 6) is 0.769. The van der Waals surface area contributed by atoms with Crippen LogP contribution < -0.4 is 10.1 Å². The smallest absolute Gasteiger partial charge is 0.254 e. The van der Waals surface area contributed by atoms with Crippen LogP contribution in [-0.4, -0.2) is 37.0 Å². The van der Waals surface area contributed by atoms with Gasteiger partial charge in [-0.25, -0.2) is 0 Å². The molecule has 2 aromatic carbocycles. The van der Waals surface area contributed by atoms with Crippen molar-refractivity contribution in [1.29, 1.82) is 0 Å². The number of amides is 1. The van der Waals surface area contributed by atoms with Crippen molar-refractivity contribution in [2.75, 3.05) is 20.1 Å². The van der Waals surface area contributed by atoms with Crippen molar-refractivity contribution in [3.63, 3.8) is 0 Å². The van der Waals surface area contributed by atoms with Gasteiger partial charge in [0.15, 0.2) is 0 Å². The van der Waals surface area contributed by atoms with E-state index in [0.29, 0.717) is 12.2 Å². The minimum Gasteiger partial charge on any atom is -0.489 e. The Morgan fingerprint density at radius 3 is 2.83 bits per heavy atom. The maximum absolute atomic E-state index is 12.6. The van der Waals surface area contributed by atoms with Crippen molar-refractivity contribution in [3.8, 4) is 5.75 Å². The second-order valence-corrected chi connectivity index (χ2v) is 6.37. The van der Waals surface area contributed by atoms with Crippen molar-refractivity contribution in [2.45, 2.75) is 26.0 Å². The number of nitrogens with zero attached hydrogens (tertiary/aromatic N) is 1. The Morgan fingerprint density at radius 1 is 1.25 bits per heavy atom. The molecule has 0 aromatic heterocycles. The predicted octanol–water partition coefficient (Wildman–Crippen LogP) is 3.01. The van der Waals surface area contributed by atoms with Crippen LogP contribution in [0.1, 0.15) is 27.9 Å². The molecule has 1 unspecified atom stereocenters. The number of hydrogen-bond donors (Lipinski definition) is 1. The Morgan fingerprint density at radius 2 is 2.08 bits per heavy atom. The van der Waals surface area contributed by atoms with Crippen LogP contribution in [0.15, 0.2) is 48.5 Å². The van der Waals surface area contributed by atoms with Crippen molar-refractivity contribution >= 4 is 5.91 Å². The van der Waals surface area contributed by atoms with Gasteiger partial charge < -0.3 is 15.0 Å². The monoisotopic (exact) mass is 324 g/mol. The number of likely N-dealkylation sites (N-methyl/N-ethyl adjacent to an activating group) is 1. The Hall–Kier alpha value is -2.33. The lowest BCUT2D eigenvalue weighted by molar-refractivity contribution is 0.0743. The van der Waals surface area contributed by atoms with Gasteiger partial charge in [0.2, 0.25) is 0 Å². The Labute approximate surface area is 143 Å². The van der Waals surface area contributed by atoms with Gasteiger partial charge >= 0.3 is 0 Å². The van der Waals surface area contributed by atoms with E-state index in [0.717, 1.165) is 30.8 Å². The van der Waals surface area contributed by atoms with Gasteiger partial charge in [0.1, 0.15) is 12.4 Å². The molecule has 2 aromatic rings. The molecule has 1 saturated heterocycles.